The first-order valence-electron chi connectivity index (χ1n) is 7.36. The van der Waals surface area contributed by atoms with E-state index in [1.807, 2.05) is 6.92 Å². The molecule has 1 rings (SSSR count). The molecule has 5 heteroatoms. The van der Waals surface area contributed by atoms with Gasteiger partial charge in [-0.2, -0.15) is 0 Å². The number of nitrogens with one attached hydrogen (secondary N) is 1. The van der Waals surface area contributed by atoms with Crippen LogP contribution in [0.3, 0.4) is 0 Å². The molecule has 0 radical (unpaired) electrons. The molecule has 1 aromatic carbocycles. The summed E-state index contributed by atoms with van der Waals surface area (Å²) in [6.45, 7) is 6.80. The highest BCUT2D eigenvalue weighted by atomic mass is 32.2. The Morgan fingerprint density at radius 2 is 1.95 bits per heavy atom. The van der Waals surface area contributed by atoms with E-state index in [-0.39, 0.29) is 6.10 Å². The van der Waals surface area contributed by atoms with E-state index < -0.39 is 6.10 Å². The van der Waals surface area contributed by atoms with Gasteiger partial charge in [0.2, 0.25) is 0 Å². The molecule has 21 heavy (non-hydrogen) atoms. The van der Waals surface area contributed by atoms with Crippen LogP contribution in [0.4, 0.5) is 0 Å². The smallest absolute Gasteiger partial charge is 0.0867 e. The van der Waals surface area contributed by atoms with Gasteiger partial charge in [-0.05, 0) is 31.2 Å². The molecule has 0 saturated heterocycles. The summed E-state index contributed by atoms with van der Waals surface area (Å²) in [4.78, 5) is 1.17. The first kappa shape index (κ1) is 18.5. The fourth-order valence-corrected chi connectivity index (χ4v) is 2.58. The van der Waals surface area contributed by atoms with Crippen molar-refractivity contribution in [1.82, 2.24) is 5.32 Å². The van der Waals surface area contributed by atoms with Crippen molar-refractivity contribution in [2.45, 2.75) is 37.5 Å². The number of methoxy groups -OCH3 is 1. The van der Waals surface area contributed by atoms with E-state index >= 15 is 0 Å². The Morgan fingerprint density at radius 1 is 1.24 bits per heavy atom. The minimum absolute atomic E-state index is 0.0139. The maximum Gasteiger partial charge on any atom is 0.0867 e. The van der Waals surface area contributed by atoms with Crippen molar-refractivity contribution in [1.29, 1.82) is 0 Å². The van der Waals surface area contributed by atoms with Crippen LogP contribution < -0.4 is 5.32 Å². The fraction of sp³-hybridized carbons (Fsp3) is 0.625. The van der Waals surface area contributed by atoms with E-state index in [0.29, 0.717) is 19.0 Å². The molecule has 120 valence electrons. The second-order valence-corrected chi connectivity index (χ2v) is 6.08. The standard InChI is InChI=1S/C16H27NO3S/c1-4-17-9-14-5-7-16(8-6-14)21-12-15(18)11-20-13(2)10-19-3/h5-8,13,15,17-18H,4,9-12H2,1-3H3. The summed E-state index contributed by atoms with van der Waals surface area (Å²) in [5.74, 6) is 0.631. The lowest BCUT2D eigenvalue weighted by Gasteiger charge is -2.15. The summed E-state index contributed by atoms with van der Waals surface area (Å²) in [5.41, 5.74) is 1.28. The van der Waals surface area contributed by atoms with Crippen LogP contribution in [-0.2, 0) is 16.0 Å². The highest BCUT2D eigenvalue weighted by Gasteiger charge is 2.08. The molecule has 0 aliphatic rings. The van der Waals surface area contributed by atoms with Crippen LogP contribution in [0.25, 0.3) is 0 Å². The monoisotopic (exact) mass is 313 g/mol. The van der Waals surface area contributed by atoms with Gasteiger partial charge in [-0.15, -0.1) is 11.8 Å². The molecule has 2 N–H and O–H groups in total. The Bertz CT molecular complexity index is 372. The van der Waals surface area contributed by atoms with Crippen molar-refractivity contribution in [2.75, 3.05) is 32.6 Å². The van der Waals surface area contributed by atoms with E-state index in [0.717, 1.165) is 13.1 Å². The van der Waals surface area contributed by atoms with Crippen LogP contribution >= 0.6 is 11.8 Å². The van der Waals surface area contributed by atoms with E-state index in [2.05, 4.69) is 36.5 Å². The molecule has 4 nitrogen and oxygen atoms in total. The molecule has 0 amide bonds. The topological polar surface area (TPSA) is 50.7 Å². The van der Waals surface area contributed by atoms with Gasteiger partial charge in [0.25, 0.3) is 0 Å². The first-order valence-corrected chi connectivity index (χ1v) is 8.35. The number of ether oxygens (including phenoxy) is 2. The van der Waals surface area contributed by atoms with Gasteiger partial charge in [0.1, 0.15) is 0 Å². The molecule has 2 atom stereocenters. The third-order valence-corrected chi connectivity index (χ3v) is 4.08. The van der Waals surface area contributed by atoms with Gasteiger partial charge >= 0.3 is 0 Å². The predicted octanol–water partition coefficient (Wildman–Crippen LogP) is 2.30. The SMILES string of the molecule is CCNCc1ccc(SCC(O)COC(C)COC)cc1. The van der Waals surface area contributed by atoms with Gasteiger partial charge in [-0.1, -0.05) is 19.1 Å². The van der Waals surface area contributed by atoms with Gasteiger partial charge in [0.05, 0.1) is 25.4 Å². The Kier molecular flexibility index (Phi) is 9.70. The van der Waals surface area contributed by atoms with E-state index in [1.54, 1.807) is 18.9 Å². The molecule has 0 fully saturated rings. The van der Waals surface area contributed by atoms with Crippen molar-refractivity contribution in [3.8, 4) is 0 Å². The zero-order chi connectivity index (χ0) is 15.5. The fourth-order valence-electron chi connectivity index (χ4n) is 1.77. The van der Waals surface area contributed by atoms with Crippen molar-refractivity contribution in [3.05, 3.63) is 29.8 Å². The van der Waals surface area contributed by atoms with Crippen molar-refractivity contribution in [2.24, 2.45) is 0 Å². The van der Waals surface area contributed by atoms with E-state index in [4.69, 9.17) is 9.47 Å². The molecule has 1 aromatic rings. The highest BCUT2D eigenvalue weighted by Crippen LogP contribution is 2.19. The average Bonchev–Trinajstić information content (AvgIpc) is 2.50. The summed E-state index contributed by atoms with van der Waals surface area (Å²) >= 11 is 1.64. The van der Waals surface area contributed by atoms with Crippen molar-refractivity contribution >= 4 is 11.8 Å². The van der Waals surface area contributed by atoms with Gasteiger partial charge in [0.15, 0.2) is 0 Å². The van der Waals surface area contributed by atoms with Crippen LogP contribution in [-0.4, -0.2) is 49.9 Å². The number of thioether (sulfide) groups is 1. The molecule has 0 saturated carbocycles. The zero-order valence-electron chi connectivity index (χ0n) is 13.2. The zero-order valence-corrected chi connectivity index (χ0v) is 14.0. The Labute approximate surface area is 132 Å². The number of benzene rings is 1. The van der Waals surface area contributed by atoms with Gasteiger partial charge in [0, 0.05) is 24.3 Å². The molecule has 0 aliphatic heterocycles. The second-order valence-electron chi connectivity index (χ2n) is 4.99. The summed E-state index contributed by atoms with van der Waals surface area (Å²) in [6, 6.07) is 8.43. The lowest BCUT2D eigenvalue weighted by Crippen LogP contribution is -2.24. The quantitative estimate of drug-likeness (QED) is 0.614. The Morgan fingerprint density at radius 3 is 2.57 bits per heavy atom. The van der Waals surface area contributed by atoms with Gasteiger partial charge < -0.3 is 19.9 Å². The molecule has 0 spiro atoms. The minimum atomic E-state index is -0.462. The number of rotatable bonds is 11. The molecule has 0 aromatic heterocycles. The Balaban J connectivity index is 2.24. The van der Waals surface area contributed by atoms with Gasteiger partial charge in [-0.3, -0.25) is 0 Å². The van der Waals surface area contributed by atoms with Crippen LogP contribution in [0.1, 0.15) is 19.4 Å². The van der Waals surface area contributed by atoms with Crippen molar-refractivity contribution < 1.29 is 14.6 Å². The van der Waals surface area contributed by atoms with Gasteiger partial charge in [-0.25, -0.2) is 0 Å². The molecular weight excluding hydrogens is 286 g/mol. The number of aliphatic hydroxyl groups is 1. The number of hydrogen-bond acceptors (Lipinski definition) is 5. The molecule has 0 bridgehead atoms. The lowest BCUT2D eigenvalue weighted by molar-refractivity contribution is -0.0257. The second kappa shape index (κ2) is 11.0. The summed E-state index contributed by atoms with van der Waals surface area (Å²) in [6.07, 6.45) is -0.448. The lowest BCUT2D eigenvalue weighted by atomic mass is 10.2. The first-order chi connectivity index (χ1) is 10.2. The van der Waals surface area contributed by atoms with Crippen LogP contribution in [0, 0.1) is 0 Å². The molecular formula is C16H27NO3S. The summed E-state index contributed by atoms with van der Waals surface area (Å²) < 4.78 is 10.5. The number of hydrogen-bond donors (Lipinski definition) is 2. The average molecular weight is 313 g/mol. The third kappa shape index (κ3) is 8.44. The number of aliphatic hydroxyl groups excluding tert-OH is 1. The maximum atomic E-state index is 9.90. The normalized spacial score (nSPS) is 14.1. The van der Waals surface area contributed by atoms with Crippen molar-refractivity contribution in [3.63, 3.8) is 0 Å². The van der Waals surface area contributed by atoms with E-state index in [9.17, 15) is 5.11 Å². The van der Waals surface area contributed by atoms with E-state index in [1.165, 1.54) is 10.5 Å². The largest absolute Gasteiger partial charge is 0.390 e. The molecule has 2 unspecified atom stereocenters. The molecule has 0 aliphatic carbocycles. The molecule has 0 heterocycles. The summed E-state index contributed by atoms with van der Waals surface area (Å²) in [5, 5.41) is 13.2. The predicted molar refractivity (Wildman–Crippen MR) is 87.8 cm³/mol. The maximum absolute atomic E-state index is 9.90. The highest BCUT2D eigenvalue weighted by molar-refractivity contribution is 7.99. The Hall–Kier alpha value is -0.590. The summed E-state index contributed by atoms with van der Waals surface area (Å²) in [7, 11) is 1.64. The van der Waals surface area contributed by atoms with Crippen LogP contribution in [0.15, 0.2) is 29.2 Å². The third-order valence-electron chi connectivity index (χ3n) is 2.92. The van der Waals surface area contributed by atoms with Crippen LogP contribution in [0.2, 0.25) is 0 Å². The van der Waals surface area contributed by atoms with Crippen LogP contribution in [0.5, 0.6) is 0 Å². The minimum Gasteiger partial charge on any atom is -0.390 e.